The Morgan fingerprint density at radius 2 is 1.75 bits per heavy atom. The Morgan fingerprint density at radius 3 is 2.39 bits per heavy atom. The van der Waals surface area contributed by atoms with E-state index < -0.39 is 0 Å². The molecule has 5 nitrogen and oxygen atoms in total. The van der Waals surface area contributed by atoms with E-state index in [0.717, 1.165) is 34.7 Å². The molecule has 0 radical (unpaired) electrons. The number of nitrogens with one attached hydrogen (secondary N) is 1. The second-order valence-corrected chi connectivity index (χ2v) is 7.17. The van der Waals surface area contributed by atoms with Gasteiger partial charge in [-0.05, 0) is 57.1 Å². The largest absolute Gasteiger partial charge is 0.325 e. The van der Waals surface area contributed by atoms with Gasteiger partial charge in [0.05, 0.1) is 17.9 Å². The summed E-state index contributed by atoms with van der Waals surface area (Å²) in [5, 5.41) is 7.65. The first kappa shape index (κ1) is 19.8. The molecule has 1 N–H and O–H groups in total. The SMILES string of the molecule is CCc1ccc(NC(=O)CN(C)Cc2c(C)nn(-c3ccccc3)c2C)cc1. The van der Waals surface area contributed by atoms with E-state index in [4.69, 9.17) is 0 Å². The van der Waals surface area contributed by atoms with E-state index in [1.165, 1.54) is 5.56 Å². The van der Waals surface area contributed by atoms with Crippen LogP contribution >= 0.6 is 0 Å². The van der Waals surface area contributed by atoms with Crippen LogP contribution in [0.15, 0.2) is 54.6 Å². The molecule has 0 saturated heterocycles. The van der Waals surface area contributed by atoms with Gasteiger partial charge in [0.25, 0.3) is 0 Å². The lowest BCUT2D eigenvalue weighted by Gasteiger charge is -2.17. The molecule has 146 valence electrons. The molecule has 0 fully saturated rings. The molecule has 1 heterocycles. The van der Waals surface area contributed by atoms with Crippen molar-refractivity contribution in [3.63, 3.8) is 0 Å². The lowest BCUT2D eigenvalue weighted by atomic mass is 10.1. The van der Waals surface area contributed by atoms with Crippen molar-refractivity contribution >= 4 is 11.6 Å². The maximum Gasteiger partial charge on any atom is 0.238 e. The molecule has 28 heavy (non-hydrogen) atoms. The number of anilines is 1. The lowest BCUT2D eigenvalue weighted by Crippen LogP contribution is -2.30. The standard InChI is InChI=1S/C23H28N4O/c1-5-19-11-13-20(14-12-19)24-23(28)16-26(4)15-22-17(2)25-27(18(22)3)21-9-7-6-8-10-21/h6-14H,5,15-16H2,1-4H3,(H,24,28). The molecule has 0 spiro atoms. The summed E-state index contributed by atoms with van der Waals surface area (Å²) in [6.07, 6.45) is 0.992. The van der Waals surface area contributed by atoms with Crippen molar-refractivity contribution in [3.05, 3.63) is 77.1 Å². The van der Waals surface area contributed by atoms with Crippen molar-refractivity contribution in [2.24, 2.45) is 0 Å². The van der Waals surface area contributed by atoms with E-state index in [0.29, 0.717) is 13.1 Å². The maximum atomic E-state index is 12.4. The third kappa shape index (κ3) is 4.67. The highest BCUT2D eigenvalue weighted by Crippen LogP contribution is 2.19. The van der Waals surface area contributed by atoms with Crippen LogP contribution in [0.5, 0.6) is 0 Å². The van der Waals surface area contributed by atoms with Crippen LogP contribution in [0.1, 0.15) is 29.4 Å². The van der Waals surface area contributed by atoms with Crippen molar-refractivity contribution in [2.75, 3.05) is 18.9 Å². The molecule has 2 aromatic carbocycles. The predicted molar refractivity (Wildman–Crippen MR) is 114 cm³/mol. The zero-order valence-electron chi connectivity index (χ0n) is 17.1. The van der Waals surface area contributed by atoms with Gasteiger partial charge in [-0.2, -0.15) is 5.10 Å². The fourth-order valence-corrected chi connectivity index (χ4v) is 3.32. The van der Waals surface area contributed by atoms with Gasteiger partial charge in [-0.25, -0.2) is 4.68 Å². The first-order valence-electron chi connectivity index (χ1n) is 9.65. The average Bonchev–Trinajstić information content (AvgIpc) is 2.97. The van der Waals surface area contributed by atoms with Crippen LogP contribution in [-0.4, -0.2) is 34.2 Å². The number of aromatic nitrogens is 2. The van der Waals surface area contributed by atoms with E-state index >= 15 is 0 Å². The van der Waals surface area contributed by atoms with Gasteiger partial charge in [-0.15, -0.1) is 0 Å². The van der Waals surface area contributed by atoms with Crippen molar-refractivity contribution in [1.29, 1.82) is 0 Å². The molecule has 5 heteroatoms. The highest BCUT2D eigenvalue weighted by atomic mass is 16.2. The molecular weight excluding hydrogens is 348 g/mol. The van der Waals surface area contributed by atoms with E-state index in [1.807, 2.05) is 78.2 Å². The zero-order chi connectivity index (χ0) is 20.1. The quantitative estimate of drug-likeness (QED) is 0.675. The minimum Gasteiger partial charge on any atom is -0.325 e. The first-order valence-corrected chi connectivity index (χ1v) is 9.65. The normalized spacial score (nSPS) is 11.0. The maximum absolute atomic E-state index is 12.4. The number of nitrogens with zero attached hydrogens (tertiary/aromatic N) is 3. The smallest absolute Gasteiger partial charge is 0.238 e. The second kappa shape index (κ2) is 8.85. The van der Waals surface area contributed by atoms with Gasteiger partial charge < -0.3 is 5.32 Å². The summed E-state index contributed by atoms with van der Waals surface area (Å²) in [5.41, 5.74) is 6.39. The summed E-state index contributed by atoms with van der Waals surface area (Å²) in [4.78, 5) is 14.4. The van der Waals surface area contributed by atoms with Gasteiger partial charge >= 0.3 is 0 Å². The third-order valence-electron chi connectivity index (χ3n) is 4.93. The highest BCUT2D eigenvalue weighted by molar-refractivity contribution is 5.92. The lowest BCUT2D eigenvalue weighted by molar-refractivity contribution is -0.117. The molecule has 0 aliphatic rings. The van der Waals surface area contributed by atoms with E-state index in [2.05, 4.69) is 24.3 Å². The van der Waals surface area contributed by atoms with Crippen LogP contribution in [0.4, 0.5) is 5.69 Å². The number of amides is 1. The van der Waals surface area contributed by atoms with Crippen molar-refractivity contribution < 1.29 is 4.79 Å². The molecule has 0 aliphatic carbocycles. The molecule has 0 aliphatic heterocycles. The number of hydrogen-bond donors (Lipinski definition) is 1. The van der Waals surface area contributed by atoms with E-state index in [-0.39, 0.29) is 5.91 Å². The number of rotatable bonds is 7. The highest BCUT2D eigenvalue weighted by Gasteiger charge is 2.16. The summed E-state index contributed by atoms with van der Waals surface area (Å²) >= 11 is 0. The Balaban J connectivity index is 1.63. The van der Waals surface area contributed by atoms with Gasteiger partial charge in [0.1, 0.15) is 0 Å². The summed E-state index contributed by atoms with van der Waals surface area (Å²) < 4.78 is 1.97. The number of aryl methyl sites for hydroxylation is 2. The zero-order valence-corrected chi connectivity index (χ0v) is 17.1. The Bertz CT molecular complexity index is 929. The van der Waals surface area contributed by atoms with Gasteiger partial charge in [-0.3, -0.25) is 9.69 Å². The number of carbonyl (C=O) groups excluding carboxylic acids is 1. The van der Waals surface area contributed by atoms with E-state index in [1.54, 1.807) is 0 Å². The summed E-state index contributed by atoms with van der Waals surface area (Å²) in [5.74, 6) is -0.0162. The Kier molecular flexibility index (Phi) is 6.26. The van der Waals surface area contributed by atoms with Crippen molar-refractivity contribution in [2.45, 2.75) is 33.7 Å². The Hall–Kier alpha value is -2.92. The Labute approximate surface area is 167 Å². The van der Waals surface area contributed by atoms with Crippen LogP contribution in [0.3, 0.4) is 0 Å². The molecule has 1 amide bonds. The van der Waals surface area contributed by atoms with Crippen LogP contribution in [0, 0.1) is 13.8 Å². The number of benzene rings is 2. The Morgan fingerprint density at radius 1 is 1.07 bits per heavy atom. The molecule has 0 atom stereocenters. The number of likely N-dealkylation sites (N-methyl/N-ethyl adjacent to an activating group) is 1. The molecular formula is C23H28N4O. The van der Waals surface area contributed by atoms with Crippen molar-refractivity contribution in [1.82, 2.24) is 14.7 Å². The number of hydrogen-bond acceptors (Lipinski definition) is 3. The van der Waals surface area contributed by atoms with Crippen molar-refractivity contribution in [3.8, 4) is 5.69 Å². The minimum atomic E-state index is -0.0162. The number of carbonyl (C=O) groups is 1. The predicted octanol–water partition coefficient (Wildman–Crippen LogP) is 4.12. The second-order valence-electron chi connectivity index (χ2n) is 7.17. The summed E-state index contributed by atoms with van der Waals surface area (Å²) in [6.45, 7) is 7.21. The van der Waals surface area contributed by atoms with Gasteiger partial charge in [0.2, 0.25) is 5.91 Å². The van der Waals surface area contributed by atoms with Gasteiger partial charge in [0, 0.05) is 23.5 Å². The first-order chi connectivity index (χ1) is 13.5. The molecule has 1 aromatic heterocycles. The van der Waals surface area contributed by atoms with Crippen LogP contribution in [0.25, 0.3) is 5.69 Å². The number of para-hydroxylation sites is 1. The third-order valence-corrected chi connectivity index (χ3v) is 4.93. The fourth-order valence-electron chi connectivity index (χ4n) is 3.32. The van der Waals surface area contributed by atoms with Crippen LogP contribution in [0.2, 0.25) is 0 Å². The summed E-state index contributed by atoms with van der Waals surface area (Å²) in [7, 11) is 1.96. The van der Waals surface area contributed by atoms with Gasteiger partial charge in [0.15, 0.2) is 0 Å². The minimum absolute atomic E-state index is 0.0162. The topological polar surface area (TPSA) is 50.2 Å². The molecule has 0 saturated carbocycles. The average molecular weight is 377 g/mol. The molecule has 3 rings (SSSR count). The van der Waals surface area contributed by atoms with Gasteiger partial charge in [-0.1, -0.05) is 37.3 Å². The van der Waals surface area contributed by atoms with Crippen LogP contribution < -0.4 is 5.32 Å². The fraction of sp³-hybridized carbons (Fsp3) is 0.304. The van der Waals surface area contributed by atoms with Crippen LogP contribution in [-0.2, 0) is 17.8 Å². The van der Waals surface area contributed by atoms with E-state index in [9.17, 15) is 4.79 Å². The molecule has 0 unspecified atom stereocenters. The summed E-state index contributed by atoms with van der Waals surface area (Å²) in [6, 6.07) is 18.1. The monoisotopic (exact) mass is 376 g/mol. The molecule has 0 bridgehead atoms. The molecule has 3 aromatic rings.